The summed E-state index contributed by atoms with van der Waals surface area (Å²) in [5, 5.41) is 0.925. The molecular weight excluding hydrogens is 259 g/mol. The van der Waals surface area contributed by atoms with E-state index in [0.717, 1.165) is 5.56 Å². The van der Waals surface area contributed by atoms with Crippen molar-refractivity contribution < 1.29 is 4.74 Å². The van der Waals surface area contributed by atoms with Crippen molar-refractivity contribution in [1.82, 2.24) is 4.98 Å². The molecule has 2 rings (SSSR count). The zero-order valence-electron chi connectivity index (χ0n) is 8.86. The predicted molar refractivity (Wildman–Crippen MR) is 68.7 cm³/mol. The van der Waals surface area contributed by atoms with Gasteiger partial charge < -0.3 is 10.5 Å². The van der Waals surface area contributed by atoms with E-state index < -0.39 is 0 Å². The summed E-state index contributed by atoms with van der Waals surface area (Å²) in [6.45, 7) is 0.366. The molecule has 0 saturated heterocycles. The molecule has 0 aliphatic carbocycles. The fraction of sp³-hybridized carbons (Fsp3) is 0.0833. The molecule has 0 bridgehead atoms. The van der Waals surface area contributed by atoms with E-state index in [9.17, 15) is 0 Å². The number of pyridine rings is 1. The molecule has 1 aromatic carbocycles. The standard InChI is InChI=1S/C12H10Cl2N2O/c13-10-4-3-9(6-11(10)14)17-12-8(7-15)2-1-5-16-12/h1-6H,7,15H2. The number of ether oxygens (including phenoxy) is 1. The van der Waals surface area contributed by atoms with Crippen molar-refractivity contribution in [2.75, 3.05) is 0 Å². The van der Waals surface area contributed by atoms with Gasteiger partial charge in [-0.05, 0) is 18.2 Å². The summed E-state index contributed by atoms with van der Waals surface area (Å²) in [7, 11) is 0. The number of benzene rings is 1. The smallest absolute Gasteiger partial charge is 0.223 e. The number of hydrogen-bond acceptors (Lipinski definition) is 3. The molecule has 0 unspecified atom stereocenters. The molecule has 5 heteroatoms. The van der Waals surface area contributed by atoms with Gasteiger partial charge in [0.25, 0.3) is 0 Å². The Hall–Kier alpha value is -1.29. The molecule has 1 aromatic heterocycles. The molecule has 17 heavy (non-hydrogen) atoms. The molecule has 1 heterocycles. The van der Waals surface area contributed by atoms with Crippen LogP contribution < -0.4 is 10.5 Å². The lowest BCUT2D eigenvalue weighted by atomic mass is 10.3. The second kappa shape index (κ2) is 5.36. The summed E-state index contributed by atoms with van der Waals surface area (Å²) in [4.78, 5) is 4.12. The Balaban J connectivity index is 2.28. The number of aromatic nitrogens is 1. The largest absolute Gasteiger partial charge is 0.439 e. The highest BCUT2D eigenvalue weighted by Crippen LogP contribution is 2.29. The highest BCUT2D eigenvalue weighted by atomic mass is 35.5. The Kier molecular flexibility index (Phi) is 3.84. The van der Waals surface area contributed by atoms with Gasteiger partial charge in [0.1, 0.15) is 5.75 Å². The van der Waals surface area contributed by atoms with Gasteiger partial charge in [0.05, 0.1) is 10.0 Å². The third-order valence-corrected chi connectivity index (χ3v) is 2.91. The number of halogens is 2. The van der Waals surface area contributed by atoms with Crippen molar-refractivity contribution in [3.8, 4) is 11.6 Å². The van der Waals surface area contributed by atoms with E-state index >= 15 is 0 Å². The molecule has 0 radical (unpaired) electrons. The molecule has 0 saturated carbocycles. The second-order valence-corrected chi connectivity index (χ2v) is 4.16. The number of nitrogens with zero attached hydrogens (tertiary/aromatic N) is 1. The first-order valence-corrected chi connectivity index (χ1v) is 5.73. The first-order valence-electron chi connectivity index (χ1n) is 4.97. The van der Waals surface area contributed by atoms with Crippen LogP contribution in [0.15, 0.2) is 36.5 Å². The predicted octanol–water partition coefficient (Wildman–Crippen LogP) is 3.64. The maximum absolute atomic E-state index is 5.90. The second-order valence-electron chi connectivity index (χ2n) is 3.35. The zero-order chi connectivity index (χ0) is 12.3. The van der Waals surface area contributed by atoms with Crippen molar-refractivity contribution in [3.05, 3.63) is 52.1 Å². The Morgan fingerprint density at radius 2 is 2.00 bits per heavy atom. The minimum atomic E-state index is 0.366. The lowest BCUT2D eigenvalue weighted by Crippen LogP contribution is -2.00. The van der Waals surface area contributed by atoms with Gasteiger partial charge in [0.2, 0.25) is 5.88 Å². The molecule has 0 aliphatic heterocycles. The zero-order valence-corrected chi connectivity index (χ0v) is 10.4. The molecule has 0 spiro atoms. The van der Waals surface area contributed by atoms with E-state index in [1.807, 2.05) is 12.1 Å². The van der Waals surface area contributed by atoms with Gasteiger partial charge in [-0.1, -0.05) is 29.3 Å². The van der Waals surface area contributed by atoms with Gasteiger partial charge in [0, 0.05) is 24.4 Å². The third-order valence-electron chi connectivity index (χ3n) is 2.18. The van der Waals surface area contributed by atoms with E-state index in [-0.39, 0.29) is 0 Å². The van der Waals surface area contributed by atoms with E-state index in [2.05, 4.69) is 4.98 Å². The Morgan fingerprint density at radius 3 is 2.71 bits per heavy atom. The molecule has 0 amide bonds. The summed E-state index contributed by atoms with van der Waals surface area (Å²) in [5.74, 6) is 1.06. The van der Waals surface area contributed by atoms with Crippen molar-refractivity contribution in [1.29, 1.82) is 0 Å². The molecule has 88 valence electrons. The van der Waals surface area contributed by atoms with Crippen molar-refractivity contribution in [3.63, 3.8) is 0 Å². The fourth-order valence-corrected chi connectivity index (χ4v) is 1.61. The lowest BCUT2D eigenvalue weighted by Gasteiger charge is -2.08. The highest BCUT2D eigenvalue weighted by Gasteiger charge is 2.06. The van der Waals surface area contributed by atoms with Crippen LogP contribution in [-0.2, 0) is 6.54 Å². The molecule has 2 aromatic rings. The van der Waals surface area contributed by atoms with Crippen LogP contribution in [0.2, 0.25) is 10.0 Å². The van der Waals surface area contributed by atoms with E-state index in [0.29, 0.717) is 28.2 Å². The van der Waals surface area contributed by atoms with Gasteiger partial charge in [-0.15, -0.1) is 0 Å². The topological polar surface area (TPSA) is 48.1 Å². The summed E-state index contributed by atoms with van der Waals surface area (Å²) in [5.41, 5.74) is 6.42. The molecule has 0 fully saturated rings. The van der Waals surface area contributed by atoms with Crippen LogP contribution in [0.25, 0.3) is 0 Å². The lowest BCUT2D eigenvalue weighted by molar-refractivity contribution is 0.456. The quantitative estimate of drug-likeness (QED) is 0.925. The van der Waals surface area contributed by atoms with Crippen LogP contribution in [0.1, 0.15) is 5.56 Å². The minimum absolute atomic E-state index is 0.366. The average Bonchev–Trinajstić information content (AvgIpc) is 2.34. The van der Waals surface area contributed by atoms with Crippen LogP contribution in [0, 0.1) is 0 Å². The number of hydrogen-bond donors (Lipinski definition) is 1. The van der Waals surface area contributed by atoms with Crippen LogP contribution in [-0.4, -0.2) is 4.98 Å². The summed E-state index contributed by atoms with van der Waals surface area (Å²) in [6.07, 6.45) is 1.64. The Labute approximate surface area is 109 Å². The van der Waals surface area contributed by atoms with Gasteiger partial charge >= 0.3 is 0 Å². The SMILES string of the molecule is NCc1cccnc1Oc1ccc(Cl)c(Cl)c1. The van der Waals surface area contributed by atoms with E-state index in [4.69, 9.17) is 33.7 Å². The van der Waals surface area contributed by atoms with Gasteiger partial charge in [-0.3, -0.25) is 0 Å². The molecule has 0 atom stereocenters. The van der Waals surface area contributed by atoms with Crippen LogP contribution >= 0.6 is 23.2 Å². The van der Waals surface area contributed by atoms with Crippen LogP contribution in [0.3, 0.4) is 0 Å². The summed E-state index contributed by atoms with van der Waals surface area (Å²) >= 11 is 11.7. The van der Waals surface area contributed by atoms with Crippen molar-refractivity contribution in [2.24, 2.45) is 5.73 Å². The van der Waals surface area contributed by atoms with Crippen molar-refractivity contribution in [2.45, 2.75) is 6.54 Å². The fourth-order valence-electron chi connectivity index (χ4n) is 1.32. The normalized spacial score (nSPS) is 10.3. The number of rotatable bonds is 3. The average molecular weight is 269 g/mol. The maximum atomic E-state index is 5.90. The molecule has 3 nitrogen and oxygen atoms in total. The van der Waals surface area contributed by atoms with Crippen LogP contribution in [0.4, 0.5) is 0 Å². The Morgan fingerprint density at radius 1 is 1.18 bits per heavy atom. The molecule has 0 aliphatic rings. The first-order chi connectivity index (χ1) is 8.20. The maximum Gasteiger partial charge on any atom is 0.223 e. The molecule has 2 N–H and O–H groups in total. The van der Waals surface area contributed by atoms with E-state index in [1.54, 1.807) is 24.4 Å². The minimum Gasteiger partial charge on any atom is -0.439 e. The van der Waals surface area contributed by atoms with Crippen molar-refractivity contribution >= 4 is 23.2 Å². The van der Waals surface area contributed by atoms with Gasteiger partial charge in [0.15, 0.2) is 0 Å². The molecular formula is C12H10Cl2N2O. The Bertz CT molecular complexity index is 532. The monoisotopic (exact) mass is 268 g/mol. The number of nitrogens with two attached hydrogens (primary N) is 1. The highest BCUT2D eigenvalue weighted by molar-refractivity contribution is 6.42. The summed E-state index contributed by atoms with van der Waals surface area (Å²) in [6, 6.07) is 8.70. The van der Waals surface area contributed by atoms with E-state index in [1.165, 1.54) is 0 Å². The van der Waals surface area contributed by atoms with Gasteiger partial charge in [-0.2, -0.15) is 0 Å². The summed E-state index contributed by atoms with van der Waals surface area (Å²) < 4.78 is 5.60. The first kappa shape index (κ1) is 12.2. The van der Waals surface area contributed by atoms with Crippen LogP contribution in [0.5, 0.6) is 11.6 Å². The van der Waals surface area contributed by atoms with Gasteiger partial charge in [-0.25, -0.2) is 4.98 Å². The third kappa shape index (κ3) is 2.88.